The zero-order valence-corrected chi connectivity index (χ0v) is 19.3. The van der Waals surface area contributed by atoms with Crippen LogP contribution in [0.4, 0.5) is 5.69 Å². The summed E-state index contributed by atoms with van der Waals surface area (Å²) >= 11 is 0. The average molecular weight is 463 g/mol. The van der Waals surface area contributed by atoms with Gasteiger partial charge >= 0.3 is 0 Å². The van der Waals surface area contributed by atoms with Crippen molar-refractivity contribution in [2.45, 2.75) is 19.4 Å². The molecule has 2 aliphatic heterocycles. The number of carbonyl (C=O) groups is 2. The standard InChI is InChI=1S/C24H26N6O4/c1-4-33-20-12-18-14-34-21-5-7-30-22(27-21)19(13-26-30)15-9-16(23(31)28(2)3)11-17(10-15)25-6-8-29(18)24(20)32/h5,7,9-11,13-14,20,25H,4,6,8,12H2,1-3H3/b18-14+/t20-/m1/s1. The lowest BCUT2D eigenvalue weighted by molar-refractivity contribution is -0.136. The smallest absolute Gasteiger partial charge is 0.256 e. The first-order valence-electron chi connectivity index (χ1n) is 11.2. The third-order valence-corrected chi connectivity index (χ3v) is 5.87. The lowest BCUT2D eigenvalue weighted by Crippen LogP contribution is -2.34. The summed E-state index contributed by atoms with van der Waals surface area (Å²) in [6.45, 7) is 3.22. The van der Waals surface area contributed by atoms with Crippen molar-refractivity contribution >= 4 is 23.1 Å². The molecular formula is C24H26N6O4. The zero-order valence-electron chi connectivity index (χ0n) is 19.3. The molecule has 1 fully saturated rings. The molecule has 34 heavy (non-hydrogen) atoms. The summed E-state index contributed by atoms with van der Waals surface area (Å²) in [5.41, 5.74) is 4.22. The van der Waals surface area contributed by atoms with Crippen LogP contribution < -0.4 is 10.1 Å². The Balaban J connectivity index is 1.61. The molecule has 1 atom stereocenters. The Morgan fingerprint density at radius 2 is 2.18 bits per heavy atom. The third kappa shape index (κ3) is 3.96. The molecule has 4 bridgehead atoms. The average Bonchev–Trinajstić information content (AvgIpc) is 3.38. The molecule has 176 valence electrons. The Labute approximate surface area is 196 Å². The zero-order chi connectivity index (χ0) is 23.8. The van der Waals surface area contributed by atoms with Gasteiger partial charge in [0.25, 0.3) is 11.8 Å². The van der Waals surface area contributed by atoms with Gasteiger partial charge in [-0.3, -0.25) is 9.59 Å². The number of nitrogens with one attached hydrogen (secondary N) is 1. The summed E-state index contributed by atoms with van der Waals surface area (Å²) < 4.78 is 13.2. The number of fused-ring (bicyclic) bond motifs is 5. The van der Waals surface area contributed by atoms with Gasteiger partial charge in [-0.2, -0.15) is 10.1 Å². The van der Waals surface area contributed by atoms with E-state index in [0.717, 1.165) is 22.5 Å². The second-order valence-corrected chi connectivity index (χ2v) is 8.38. The Kier molecular flexibility index (Phi) is 5.66. The predicted molar refractivity (Wildman–Crippen MR) is 125 cm³/mol. The first-order valence-corrected chi connectivity index (χ1v) is 11.2. The summed E-state index contributed by atoms with van der Waals surface area (Å²) in [4.78, 5) is 33.6. The number of aromatic nitrogens is 3. The number of benzene rings is 1. The van der Waals surface area contributed by atoms with Crippen LogP contribution in [-0.2, 0) is 9.53 Å². The summed E-state index contributed by atoms with van der Waals surface area (Å²) in [6, 6.07) is 7.32. The highest BCUT2D eigenvalue weighted by molar-refractivity contribution is 5.97. The molecule has 0 radical (unpaired) electrons. The quantitative estimate of drug-likeness (QED) is 0.638. The Bertz CT molecular complexity index is 1300. The second-order valence-electron chi connectivity index (χ2n) is 8.38. The Morgan fingerprint density at radius 3 is 2.97 bits per heavy atom. The van der Waals surface area contributed by atoms with Crippen molar-refractivity contribution in [2.75, 3.05) is 39.1 Å². The van der Waals surface area contributed by atoms with Crippen LogP contribution in [0.2, 0.25) is 0 Å². The van der Waals surface area contributed by atoms with E-state index in [1.165, 1.54) is 4.90 Å². The third-order valence-electron chi connectivity index (χ3n) is 5.87. The van der Waals surface area contributed by atoms with Crippen molar-refractivity contribution in [3.05, 3.63) is 54.2 Å². The van der Waals surface area contributed by atoms with E-state index in [-0.39, 0.29) is 11.8 Å². The molecule has 4 heterocycles. The van der Waals surface area contributed by atoms with E-state index in [4.69, 9.17) is 9.47 Å². The molecule has 1 N–H and O–H groups in total. The van der Waals surface area contributed by atoms with E-state index in [2.05, 4.69) is 15.4 Å². The highest BCUT2D eigenvalue weighted by Gasteiger charge is 2.36. The molecule has 10 heteroatoms. The molecule has 0 saturated carbocycles. The van der Waals surface area contributed by atoms with Crippen molar-refractivity contribution in [3.63, 3.8) is 0 Å². The summed E-state index contributed by atoms with van der Waals surface area (Å²) in [5, 5.41) is 7.77. The molecule has 1 aromatic carbocycles. The van der Waals surface area contributed by atoms with Crippen molar-refractivity contribution in [2.24, 2.45) is 0 Å². The van der Waals surface area contributed by atoms with Crippen molar-refractivity contribution in [1.29, 1.82) is 0 Å². The van der Waals surface area contributed by atoms with Crippen LogP contribution >= 0.6 is 0 Å². The number of ether oxygens (including phenoxy) is 2. The van der Waals surface area contributed by atoms with E-state index in [9.17, 15) is 9.59 Å². The van der Waals surface area contributed by atoms with E-state index in [1.54, 1.807) is 48.2 Å². The van der Waals surface area contributed by atoms with Crippen LogP contribution in [0.15, 0.2) is 48.6 Å². The highest BCUT2D eigenvalue weighted by atomic mass is 16.5. The lowest BCUT2D eigenvalue weighted by Gasteiger charge is -2.20. The minimum absolute atomic E-state index is 0.0932. The van der Waals surface area contributed by atoms with E-state index in [0.29, 0.717) is 43.2 Å². The van der Waals surface area contributed by atoms with E-state index >= 15 is 0 Å². The maximum Gasteiger partial charge on any atom is 0.256 e. The van der Waals surface area contributed by atoms with Crippen LogP contribution in [0.3, 0.4) is 0 Å². The van der Waals surface area contributed by atoms with Crippen molar-refractivity contribution < 1.29 is 19.1 Å². The number of nitrogens with zero attached hydrogens (tertiary/aromatic N) is 5. The van der Waals surface area contributed by atoms with Crippen LogP contribution in [0.25, 0.3) is 16.8 Å². The largest absolute Gasteiger partial charge is 0.445 e. The maximum atomic E-state index is 12.9. The van der Waals surface area contributed by atoms with Crippen molar-refractivity contribution in [3.8, 4) is 17.0 Å². The topological polar surface area (TPSA) is 101 Å². The molecule has 0 unspecified atom stereocenters. The van der Waals surface area contributed by atoms with Gasteiger partial charge in [-0.15, -0.1) is 0 Å². The number of hydrogen-bond acceptors (Lipinski definition) is 7. The Hall–Kier alpha value is -3.92. The fourth-order valence-electron chi connectivity index (χ4n) is 4.23. The molecule has 2 amide bonds. The van der Waals surface area contributed by atoms with E-state index < -0.39 is 6.10 Å². The normalized spacial score (nSPS) is 19.1. The number of carbonyl (C=O) groups excluding carboxylic acids is 2. The molecule has 1 saturated heterocycles. The monoisotopic (exact) mass is 462 g/mol. The van der Waals surface area contributed by atoms with Crippen LogP contribution in [0, 0.1) is 0 Å². The molecule has 2 aliphatic rings. The number of hydrogen-bond donors (Lipinski definition) is 1. The van der Waals surface area contributed by atoms with Crippen molar-refractivity contribution in [1.82, 2.24) is 24.4 Å². The summed E-state index contributed by atoms with van der Waals surface area (Å²) in [5.74, 6) is 0.174. The minimum atomic E-state index is -0.528. The van der Waals surface area contributed by atoms with Gasteiger partial charge in [0.15, 0.2) is 5.65 Å². The number of rotatable bonds is 3. The highest BCUT2D eigenvalue weighted by Crippen LogP contribution is 2.30. The van der Waals surface area contributed by atoms with Gasteiger partial charge in [-0.25, -0.2) is 4.52 Å². The molecule has 2 aromatic heterocycles. The first kappa shape index (κ1) is 21.9. The van der Waals surface area contributed by atoms with Gasteiger partial charge in [-0.05, 0) is 30.7 Å². The van der Waals surface area contributed by atoms with Crippen LogP contribution in [0.1, 0.15) is 23.7 Å². The molecule has 3 aromatic rings. The van der Waals surface area contributed by atoms with Gasteiger partial charge in [0.2, 0.25) is 5.88 Å². The summed E-state index contributed by atoms with van der Waals surface area (Å²) in [7, 11) is 3.44. The Morgan fingerprint density at radius 1 is 1.32 bits per heavy atom. The molecule has 10 nitrogen and oxygen atoms in total. The van der Waals surface area contributed by atoms with Crippen LogP contribution in [0.5, 0.6) is 5.88 Å². The van der Waals surface area contributed by atoms with Gasteiger partial charge < -0.3 is 24.6 Å². The molecule has 0 spiro atoms. The minimum Gasteiger partial charge on any atom is -0.445 e. The number of amides is 2. The fraction of sp³-hybridized carbons (Fsp3) is 0.333. The fourth-order valence-corrected chi connectivity index (χ4v) is 4.23. The SMILES string of the molecule is CCO[C@@H]1C/C2=C\Oc3ccn4ncc(c4n3)-c3cc(cc(C(=O)N(C)C)c3)NCCN2C1=O. The van der Waals surface area contributed by atoms with E-state index in [1.807, 2.05) is 25.1 Å². The van der Waals surface area contributed by atoms with Gasteiger partial charge in [-0.1, -0.05) is 0 Å². The summed E-state index contributed by atoms with van der Waals surface area (Å²) in [6.07, 6.45) is 4.97. The molecule has 5 rings (SSSR count). The molecular weight excluding hydrogens is 436 g/mol. The second kappa shape index (κ2) is 8.79. The van der Waals surface area contributed by atoms with Gasteiger partial charge in [0.05, 0.1) is 11.9 Å². The predicted octanol–water partition coefficient (Wildman–Crippen LogP) is 2.38. The van der Waals surface area contributed by atoms with Gasteiger partial charge in [0, 0.05) is 69.3 Å². The van der Waals surface area contributed by atoms with Crippen LogP contribution in [-0.4, -0.2) is 76.1 Å². The maximum absolute atomic E-state index is 12.9. The first-order chi connectivity index (χ1) is 16.4. The number of anilines is 1. The molecule has 0 aliphatic carbocycles. The van der Waals surface area contributed by atoms with Gasteiger partial charge in [0.1, 0.15) is 12.4 Å². The lowest BCUT2D eigenvalue weighted by atomic mass is 10.0.